The molecule has 0 bridgehead atoms. The molecule has 0 amide bonds. The highest BCUT2D eigenvalue weighted by atomic mass is 15.1. The van der Waals surface area contributed by atoms with Crippen molar-refractivity contribution in [3.63, 3.8) is 0 Å². The molecule has 0 aromatic heterocycles. The van der Waals surface area contributed by atoms with E-state index in [0.717, 1.165) is 17.9 Å². The average Bonchev–Trinajstić information content (AvgIpc) is 3.16. The lowest BCUT2D eigenvalue weighted by Crippen LogP contribution is -2.39. The van der Waals surface area contributed by atoms with Gasteiger partial charge in [-0.2, -0.15) is 0 Å². The molecule has 0 heterocycles. The molecule has 18 heavy (non-hydrogen) atoms. The number of hydrogen-bond acceptors (Lipinski definition) is 2. The molecule has 0 saturated heterocycles. The zero-order valence-corrected chi connectivity index (χ0v) is 12.5. The molecule has 0 aliphatic heterocycles. The minimum atomic E-state index is 0.811. The van der Waals surface area contributed by atoms with Gasteiger partial charge in [0.25, 0.3) is 0 Å². The topological polar surface area (TPSA) is 15.3 Å². The molecule has 0 spiro atoms. The molecular formula is C16H32N2. The SMILES string of the molecule is CCCN(CCNC1CCC(C)CC1)CC1CC1. The second kappa shape index (κ2) is 7.49. The van der Waals surface area contributed by atoms with Gasteiger partial charge in [-0.25, -0.2) is 0 Å². The van der Waals surface area contributed by atoms with E-state index in [4.69, 9.17) is 0 Å². The Balaban J connectivity index is 1.57. The molecule has 2 rings (SSSR count). The van der Waals surface area contributed by atoms with Gasteiger partial charge in [0.2, 0.25) is 0 Å². The molecule has 2 nitrogen and oxygen atoms in total. The Labute approximate surface area is 114 Å². The maximum absolute atomic E-state index is 3.78. The number of nitrogens with zero attached hydrogens (tertiary/aromatic N) is 1. The second-order valence-electron chi connectivity index (χ2n) is 6.65. The fraction of sp³-hybridized carbons (Fsp3) is 1.00. The van der Waals surface area contributed by atoms with Gasteiger partial charge in [-0.1, -0.05) is 13.8 Å². The zero-order valence-electron chi connectivity index (χ0n) is 12.5. The summed E-state index contributed by atoms with van der Waals surface area (Å²) in [5.41, 5.74) is 0. The molecule has 0 atom stereocenters. The Morgan fingerprint density at radius 3 is 2.33 bits per heavy atom. The summed E-state index contributed by atoms with van der Waals surface area (Å²) in [6, 6.07) is 0.811. The molecule has 1 N–H and O–H groups in total. The van der Waals surface area contributed by atoms with Crippen LogP contribution in [-0.4, -0.2) is 37.1 Å². The van der Waals surface area contributed by atoms with Crippen LogP contribution in [0.15, 0.2) is 0 Å². The Bertz CT molecular complexity index is 217. The first-order valence-corrected chi connectivity index (χ1v) is 8.23. The first-order chi connectivity index (χ1) is 8.78. The lowest BCUT2D eigenvalue weighted by Gasteiger charge is -2.28. The second-order valence-corrected chi connectivity index (χ2v) is 6.65. The molecule has 2 heteroatoms. The summed E-state index contributed by atoms with van der Waals surface area (Å²) in [6.45, 7) is 9.81. The van der Waals surface area contributed by atoms with Gasteiger partial charge in [-0.15, -0.1) is 0 Å². The molecule has 0 aromatic rings. The van der Waals surface area contributed by atoms with Crippen molar-refractivity contribution in [2.75, 3.05) is 26.2 Å². The first kappa shape index (κ1) is 14.3. The molecular weight excluding hydrogens is 220 g/mol. The fourth-order valence-electron chi connectivity index (χ4n) is 3.17. The van der Waals surface area contributed by atoms with Crippen LogP contribution in [-0.2, 0) is 0 Å². The minimum absolute atomic E-state index is 0.811. The third-order valence-corrected chi connectivity index (χ3v) is 4.63. The van der Waals surface area contributed by atoms with Crippen molar-refractivity contribution >= 4 is 0 Å². The molecule has 2 saturated carbocycles. The normalized spacial score (nSPS) is 28.8. The summed E-state index contributed by atoms with van der Waals surface area (Å²) in [7, 11) is 0. The first-order valence-electron chi connectivity index (χ1n) is 8.23. The monoisotopic (exact) mass is 252 g/mol. The summed E-state index contributed by atoms with van der Waals surface area (Å²) in [4.78, 5) is 2.68. The van der Waals surface area contributed by atoms with E-state index in [2.05, 4.69) is 24.1 Å². The van der Waals surface area contributed by atoms with Crippen LogP contribution in [0.1, 0.15) is 58.8 Å². The van der Waals surface area contributed by atoms with Crippen molar-refractivity contribution in [1.82, 2.24) is 10.2 Å². The molecule has 2 fully saturated rings. The third kappa shape index (κ3) is 5.27. The molecule has 2 aliphatic carbocycles. The lowest BCUT2D eigenvalue weighted by atomic mass is 9.87. The lowest BCUT2D eigenvalue weighted by molar-refractivity contribution is 0.246. The Morgan fingerprint density at radius 1 is 1.00 bits per heavy atom. The van der Waals surface area contributed by atoms with Crippen molar-refractivity contribution in [3.05, 3.63) is 0 Å². The summed E-state index contributed by atoms with van der Waals surface area (Å²) in [6.07, 6.45) is 9.92. The van der Waals surface area contributed by atoms with E-state index in [9.17, 15) is 0 Å². The van der Waals surface area contributed by atoms with Crippen molar-refractivity contribution in [3.8, 4) is 0 Å². The van der Waals surface area contributed by atoms with Crippen molar-refractivity contribution in [2.45, 2.75) is 64.8 Å². The van der Waals surface area contributed by atoms with Crippen molar-refractivity contribution in [1.29, 1.82) is 0 Å². The zero-order chi connectivity index (χ0) is 12.8. The van der Waals surface area contributed by atoms with E-state index in [-0.39, 0.29) is 0 Å². The van der Waals surface area contributed by atoms with E-state index in [1.165, 1.54) is 71.1 Å². The van der Waals surface area contributed by atoms with Gasteiger partial charge in [0, 0.05) is 25.7 Å². The van der Waals surface area contributed by atoms with Gasteiger partial charge < -0.3 is 10.2 Å². The maximum Gasteiger partial charge on any atom is 0.0107 e. The van der Waals surface area contributed by atoms with Crippen molar-refractivity contribution in [2.24, 2.45) is 11.8 Å². The molecule has 2 aliphatic rings. The van der Waals surface area contributed by atoms with Gasteiger partial charge in [-0.05, 0) is 63.3 Å². The predicted molar refractivity (Wildman–Crippen MR) is 78.9 cm³/mol. The summed E-state index contributed by atoms with van der Waals surface area (Å²) in [5, 5.41) is 3.78. The van der Waals surface area contributed by atoms with Crippen LogP contribution >= 0.6 is 0 Å². The number of rotatable bonds is 8. The Kier molecular flexibility index (Phi) is 5.97. The van der Waals surface area contributed by atoms with Crippen molar-refractivity contribution < 1.29 is 0 Å². The van der Waals surface area contributed by atoms with E-state index < -0.39 is 0 Å². The number of nitrogens with one attached hydrogen (secondary N) is 1. The van der Waals surface area contributed by atoms with Gasteiger partial charge in [0.05, 0.1) is 0 Å². The molecule has 0 unspecified atom stereocenters. The number of hydrogen-bond donors (Lipinski definition) is 1. The molecule has 0 radical (unpaired) electrons. The van der Waals surface area contributed by atoms with Crippen LogP contribution in [0.5, 0.6) is 0 Å². The fourth-order valence-corrected chi connectivity index (χ4v) is 3.17. The van der Waals surface area contributed by atoms with Crippen LogP contribution in [0, 0.1) is 11.8 Å². The quantitative estimate of drug-likeness (QED) is 0.713. The van der Waals surface area contributed by atoms with E-state index >= 15 is 0 Å². The molecule has 0 aromatic carbocycles. The summed E-state index contributed by atoms with van der Waals surface area (Å²) in [5.74, 6) is 2.00. The maximum atomic E-state index is 3.78. The van der Waals surface area contributed by atoms with Crippen LogP contribution in [0.2, 0.25) is 0 Å². The minimum Gasteiger partial charge on any atom is -0.313 e. The smallest absolute Gasteiger partial charge is 0.0107 e. The summed E-state index contributed by atoms with van der Waals surface area (Å²) < 4.78 is 0. The van der Waals surface area contributed by atoms with Crippen LogP contribution in [0.25, 0.3) is 0 Å². The Morgan fingerprint density at radius 2 is 1.72 bits per heavy atom. The van der Waals surface area contributed by atoms with Gasteiger partial charge in [0.15, 0.2) is 0 Å². The van der Waals surface area contributed by atoms with Gasteiger partial charge in [-0.3, -0.25) is 0 Å². The van der Waals surface area contributed by atoms with Crippen LogP contribution in [0.3, 0.4) is 0 Å². The van der Waals surface area contributed by atoms with E-state index in [1.54, 1.807) is 0 Å². The highest BCUT2D eigenvalue weighted by Gasteiger charge is 2.24. The van der Waals surface area contributed by atoms with Crippen LogP contribution < -0.4 is 5.32 Å². The average molecular weight is 252 g/mol. The predicted octanol–water partition coefficient (Wildman–Crippen LogP) is 3.28. The molecule has 106 valence electrons. The highest BCUT2D eigenvalue weighted by molar-refractivity contribution is 4.79. The van der Waals surface area contributed by atoms with E-state index in [0.29, 0.717) is 0 Å². The highest BCUT2D eigenvalue weighted by Crippen LogP contribution is 2.29. The third-order valence-electron chi connectivity index (χ3n) is 4.63. The van der Waals surface area contributed by atoms with E-state index in [1.807, 2.05) is 0 Å². The standard InChI is InChI=1S/C16H32N2/c1-3-11-18(13-15-6-7-15)12-10-17-16-8-4-14(2)5-9-16/h14-17H,3-13H2,1-2H3. The van der Waals surface area contributed by atoms with Gasteiger partial charge >= 0.3 is 0 Å². The van der Waals surface area contributed by atoms with Crippen LogP contribution in [0.4, 0.5) is 0 Å². The van der Waals surface area contributed by atoms with Gasteiger partial charge in [0.1, 0.15) is 0 Å². The summed E-state index contributed by atoms with van der Waals surface area (Å²) >= 11 is 0. The Hall–Kier alpha value is -0.0800. The largest absolute Gasteiger partial charge is 0.313 e.